The molecule has 1 fully saturated rings. The van der Waals surface area contributed by atoms with E-state index < -0.39 is 17.7 Å². The van der Waals surface area contributed by atoms with Crippen LogP contribution in [0.2, 0.25) is 0 Å². The maximum atomic E-state index is 13.5. The SMILES string of the molecule is O=C(CN1C(=O)[C@@H]2C3c4ccccc4C(c4ccccc43)[C@@H]2C1=O)Nc1ccc(O)cc1. The standard InChI is InChI=1S/C26H20N2O4/c29-15-11-9-14(10-12-15)27-20(30)13-28-25(31)23-21-16-5-1-2-6-17(16)22(24(23)26(28)32)19-8-4-3-7-18(19)21/h1-12,21-24,29H,13H2,(H,27,30)/t21?,22?,23-,24+. The second-order valence-electron chi connectivity index (χ2n) is 8.62. The van der Waals surface area contributed by atoms with E-state index in [2.05, 4.69) is 29.6 Å². The van der Waals surface area contributed by atoms with Crippen molar-refractivity contribution in [2.24, 2.45) is 11.8 Å². The topological polar surface area (TPSA) is 86.7 Å². The van der Waals surface area contributed by atoms with Gasteiger partial charge >= 0.3 is 0 Å². The molecule has 0 spiro atoms. The molecule has 32 heavy (non-hydrogen) atoms. The first-order valence-electron chi connectivity index (χ1n) is 10.7. The van der Waals surface area contributed by atoms with Crippen LogP contribution < -0.4 is 5.32 Å². The molecular weight excluding hydrogens is 404 g/mol. The van der Waals surface area contributed by atoms with Gasteiger partial charge in [0.2, 0.25) is 17.7 Å². The minimum absolute atomic E-state index is 0.0894. The predicted molar refractivity (Wildman–Crippen MR) is 117 cm³/mol. The van der Waals surface area contributed by atoms with Gasteiger partial charge in [0.1, 0.15) is 12.3 Å². The first-order valence-corrected chi connectivity index (χ1v) is 10.7. The summed E-state index contributed by atoms with van der Waals surface area (Å²) in [6, 6.07) is 22.2. The predicted octanol–water partition coefficient (Wildman–Crippen LogP) is 3.22. The second kappa shape index (κ2) is 6.79. The number of rotatable bonds is 3. The Kier molecular flexibility index (Phi) is 3.99. The lowest BCUT2D eigenvalue weighted by molar-refractivity contribution is -0.142. The van der Waals surface area contributed by atoms with Gasteiger partial charge in [-0.2, -0.15) is 0 Å². The van der Waals surface area contributed by atoms with Crippen LogP contribution in [0.1, 0.15) is 34.1 Å². The van der Waals surface area contributed by atoms with Crippen LogP contribution in [0, 0.1) is 11.8 Å². The van der Waals surface area contributed by atoms with Crippen LogP contribution in [-0.4, -0.2) is 34.3 Å². The van der Waals surface area contributed by atoms with Crippen molar-refractivity contribution in [1.29, 1.82) is 0 Å². The molecular formula is C26H20N2O4. The lowest BCUT2D eigenvalue weighted by Crippen LogP contribution is -2.41. The summed E-state index contributed by atoms with van der Waals surface area (Å²) in [5.41, 5.74) is 4.91. The number of aromatic hydroxyl groups is 1. The average molecular weight is 424 g/mol. The molecule has 0 unspecified atom stereocenters. The highest BCUT2D eigenvalue weighted by molar-refractivity contribution is 6.10. The highest BCUT2D eigenvalue weighted by Gasteiger charge is 2.61. The highest BCUT2D eigenvalue weighted by atomic mass is 16.3. The molecule has 3 amide bonds. The van der Waals surface area contributed by atoms with E-state index in [-0.39, 0.29) is 35.9 Å². The number of hydrogen-bond donors (Lipinski definition) is 2. The Morgan fingerprint density at radius 2 is 1.19 bits per heavy atom. The molecule has 0 radical (unpaired) electrons. The van der Waals surface area contributed by atoms with Gasteiger partial charge in [-0.3, -0.25) is 19.3 Å². The molecule has 1 aliphatic heterocycles. The number of benzene rings is 3. The molecule has 3 aromatic rings. The van der Waals surface area contributed by atoms with Crippen LogP contribution in [0.3, 0.4) is 0 Å². The summed E-state index contributed by atoms with van der Waals surface area (Å²) < 4.78 is 0. The lowest BCUT2D eigenvalue weighted by atomic mass is 9.55. The van der Waals surface area contributed by atoms with Crippen molar-refractivity contribution >= 4 is 23.4 Å². The summed E-state index contributed by atoms with van der Waals surface area (Å²) >= 11 is 0. The first kappa shape index (κ1) is 18.8. The molecule has 158 valence electrons. The smallest absolute Gasteiger partial charge is 0.244 e. The van der Waals surface area contributed by atoms with Gasteiger partial charge in [-0.1, -0.05) is 48.5 Å². The zero-order chi connectivity index (χ0) is 22.0. The Morgan fingerprint density at radius 1 is 0.750 bits per heavy atom. The van der Waals surface area contributed by atoms with Gasteiger partial charge in [-0.25, -0.2) is 0 Å². The highest BCUT2D eigenvalue weighted by Crippen LogP contribution is 2.60. The fraction of sp³-hybridized carbons (Fsp3) is 0.192. The van der Waals surface area contributed by atoms with Crippen molar-refractivity contribution in [1.82, 2.24) is 4.90 Å². The average Bonchev–Trinajstić information content (AvgIpc) is 3.06. The molecule has 2 atom stereocenters. The van der Waals surface area contributed by atoms with Crippen molar-refractivity contribution in [3.63, 3.8) is 0 Å². The largest absolute Gasteiger partial charge is 0.508 e. The molecule has 6 nitrogen and oxygen atoms in total. The van der Waals surface area contributed by atoms with Crippen molar-refractivity contribution in [3.8, 4) is 5.75 Å². The summed E-state index contributed by atoms with van der Waals surface area (Å²) in [5, 5.41) is 12.1. The fourth-order valence-corrected chi connectivity index (χ4v) is 5.78. The maximum Gasteiger partial charge on any atom is 0.244 e. The zero-order valence-electron chi connectivity index (χ0n) is 17.1. The van der Waals surface area contributed by atoms with Crippen LogP contribution >= 0.6 is 0 Å². The molecule has 2 bridgehead atoms. The number of carbonyl (C=O) groups excluding carboxylic acids is 3. The number of nitrogens with zero attached hydrogens (tertiary/aromatic N) is 1. The Balaban J connectivity index is 1.34. The third-order valence-corrected chi connectivity index (χ3v) is 6.99. The van der Waals surface area contributed by atoms with Gasteiger partial charge in [0, 0.05) is 17.5 Å². The molecule has 2 N–H and O–H groups in total. The van der Waals surface area contributed by atoms with Gasteiger partial charge in [0.15, 0.2) is 0 Å². The molecule has 3 aromatic carbocycles. The Hall–Kier alpha value is -3.93. The van der Waals surface area contributed by atoms with Crippen LogP contribution in [0.15, 0.2) is 72.8 Å². The monoisotopic (exact) mass is 424 g/mol. The number of nitrogens with one attached hydrogen (secondary N) is 1. The van der Waals surface area contributed by atoms with E-state index in [1.165, 1.54) is 12.1 Å². The third kappa shape index (κ3) is 2.56. The van der Waals surface area contributed by atoms with Crippen molar-refractivity contribution in [2.45, 2.75) is 11.8 Å². The Morgan fingerprint density at radius 3 is 1.62 bits per heavy atom. The van der Waals surface area contributed by atoms with E-state index in [1.807, 2.05) is 24.3 Å². The van der Waals surface area contributed by atoms with E-state index >= 15 is 0 Å². The second-order valence-corrected chi connectivity index (χ2v) is 8.62. The van der Waals surface area contributed by atoms with Crippen LogP contribution in [0.4, 0.5) is 5.69 Å². The van der Waals surface area contributed by atoms with Crippen LogP contribution in [0.25, 0.3) is 0 Å². The van der Waals surface area contributed by atoms with Crippen LogP contribution in [-0.2, 0) is 14.4 Å². The number of anilines is 1. The quantitative estimate of drug-likeness (QED) is 0.499. The number of amides is 3. The third-order valence-electron chi connectivity index (χ3n) is 6.99. The maximum absolute atomic E-state index is 13.5. The minimum atomic E-state index is -0.487. The van der Waals surface area contributed by atoms with Gasteiger partial charge in [-0.05, 0) is 46.5 Å². The number of carbonyl (C=O) groups is 3. The van der Waals surface area contributed by atoms with Crippen molar-refractivity contribution in [3.05, 3.63) is 95.1 Å². The number of likely N-dealkylation sites (tertiary alicyclic amines) is 1. The molecule has 3 aliphatic carbocycles. The number of phenols is 1. The summed E-state index contributed by atoms with van der Waals surface area (Å²) in [5.74, 6) is -2.25. The Labute approximate surface area is 184 Å². The summed E-state index contributed by atoms with van der Waals surface area (Å²) in [4.78, 5) is 40.7. The van der Waals surface area contributed by atoms with Gasteiger partial charge in [-0.15, -0.1) is 0 Å². The molecule has 0 saturated carbocycles. The molecule has 6 heteroatoms. The number of hydrogen-bond acceptors (Lipinski definition) is 4. The molecule has 1 heterocycles. The minimum Gasteiger partial charge on any atom is -0.508 e. The van der Waals surface area contributed by atoms with E-state index in [1.54, 1.807) is 12.1 Å². The number of phenolic OH excluding ortho intramolecular Hbond substituents is 1. The summed E-state index contributed by atoms with van der Waals surface area (Å²) in [6.45, 7) is -0.322. The number of imide groups is 1. The Bertz CT molecular complexity index is 1170. The summed E-state index contributed by atoms with van der Waals surface area (Å²) in [7, 11) is 0. The van der Waals surface area contributed by atoms with Gasteiger partial charge in [0.25, 0.3) is 0 Å². The zero-order valence-corrected chi connectivity index (χ0v) is 17.1. The van der Waals surface area contributed by atoms with E-state index in [0.29, 0.717) is 5.69 Å². The van der Waals surface area contributed by atoms with Crippen LogP contribution in [0.5, 0.6) is 5.75 Å². The molecule has 7 rings (SSSR count). The van der Waals surface area contributed by atoms with E-state index in [9.17, 15) is 19.5 Å². The summed E-state index contributed by atoms with van der Waals surface area (Å²) in [6.07, 6.45) is 0. The normalized spacial score (nSPS) is 24.7. The molecule has 1 saturated heterocycles. The van der Waals surface area contributed by atoms with E-state index in [0.717, 1.165) is 27.2 Å². The molecule has 4 aliphatic rings. The molecule has 0 aromatic heterocycles. The van der Waals surface area contributed by atoms with Crippen molar-refractivity contribution < 1.29 is 19.5 Å². The lowest BCUT2D eigenvalue weighted by Gasteiger charge is -2.45. The van der Waals surface area contributed by atoms with Gasteiger partial charge in [0.05, 0.1) is 11.8 Å². The first-order chi connectivity index (χ1) is 15.5. The van der Waals surface area contributed by atoms with Gasteiger partial charge < -0.3 is 10.4 Å². The van der Waals surface area contributed by atoms with Crippen molar-refractivity contribution in [2.75, 3.05) is 11.9 Å². The fourth-order valence-electron chi connectivity index (χ4n) is 5.78. The van der Waals surface area contributed by atoms with E-state index in [4.69, 9.17) is 0 Å².